The highest BCUT2D eigenvalue weighted by molar-refractivity contribution is 7.09. The zero-order chi connectivity index (χ0) is 14.0. The van der Waals surface area contributed by atoms with Gasteiger partial charge < -0.3 is 10.1 Å². The number of carbonyl (C=O) groups excluding carboxylic acids is 1. The lowest BCUT2D eigenvalue weighted by atomic mass is 10.1. The Morgan fingerprint density at radius 1 is 1.47 bits per heavy atom. The quantitative estimate of drug-likeness (QED) is 0.901. The molecule has 19 heavy (non-hydrogen) atoms. The molecule has 0 spiro atoms. The minimum atomic E-state index is -0.436. The molecule has 0 saturated heterocycles. The highest BCUT2D eigenvalue weighted by Crippen LogP contribution is 2.36. The van der Waals surface area contributed by atoms with Crippen LogP contribution in [0, 0.1) is 6.92 Å². The van der Waals surface area contributed by atoms with Gasteiger partial charge in [0.25, 0.3) is 0 Å². The van der Waals surface area contributed by atoms with Crippen LogP contribution in [-0.4, -0.2) is 22.7 Å². The molecule has 1 aromatic rings. The number of hydrogen-bond acceptors (Lipinski definition) is 4. The SMILES string of the molecule is Cc1csc([C@H]2CC[C@H](NC(=O)OC(C)(C)C)C2)n1. The zero-order valence-electron chi connectivity index (χ0n) is 12.0. The van der Waals surface area contributed by atoms with Gasteiger partial charge in [0.05, 0.1) is 5.01 Å². The molecule has 1 aliphatic rings. The molecule has 1 amide bonds. The van der Waals surface area contributed by atoms with Crippen LogP contribution in [0.15, 0.2) is 5.38 Å². The van der Waals surface area contributed by atoms with Crippen LogP contribution in [0.1, 0.15) is 56.7 Å². The highest BCUT2D eigenvalue weighted by atomic mass is 32.1. The molecule has 106 valence electrons. The number of thiazole rings is 1. The summed E-state index contributed by atoms with van der Waals surface area (Å²) in [6, 6.07) is 0.212. The number of ether oxygens (including phenoxy) is 1. The van der Waals surface area contributed by atoms with Gasteiger partial charge in [-0.2, -0.15) is 0 Å². The Labute approximate surface area is 118 Å². The number of aryl methyl sites for hydroxylation is 1. The Balaban J connectivity index is 1.84. The first-order valence-corrected chi connectivity index (χ1v) is 7.63. The number of amides is 1. The maximum atomic E-state index is 11.7. The molecule has 1 saturated carbocycles. The average molecular weight is 282 g/mol. The van der Waals surface area contributed by atoms with Gasteiger partial charge >= 0.3 is 6.09 Å². The summed E-state index contributed by atoms with van der Waals surface area (Å²) < 4.78 is 5.28. The molecule has 2 atom stereocenters. The van der Waals surface area contributed by atoms with Gasteiger partial charge in [0.15, 0.2) is 0 Å². The summed E-state index contributed by atoms with van der Waals surface area (Å²) >= 11 is 1.72. The van der Waals surface area contributed by atoms with Crippen molar-refractivity contribution in [2.75, 3.05) is 0 Å². The molecular weight excluding hydrogens is 260 g/mol. The number of nitrogens with one attached hydrogen (secondary N) is 1. The molecule has 1 fully saturated rings. The third kappa shape index (κ3) is 4.20. The van der Waals surface area contributed by atoms with Gasteiger partial charge in [-0.25, -0.2) is 9.78 Å². The van der Waals surface area contributed by atoms with Gasteiger partial charge in [0.1, 0.15) is 5.60 Å². The first kappa shape index (κ1) is 14.3. The van der Waals surface area contributed by atoms with Gasteiger partial charge in [-0.3, -0.25) is 0 Å². The normalized spacial score (nSPS) is 23.4. The molecule has 0 bridgehead atoms. The van der Waals surface area contributed by atoms with Crippen molar-refractivity contribution < 1.29 is 9.53 Å². The van der Waals surface area contributed by atoms with Crippen molar-refractivity contribution in [1.82, 2.24) is 10.3 Å². The second kappa shape index (κ2) is 5.49. The number of aromatic nitrogens is 1. The average Bonchev–Trinajstić information content (AvgIpc) is 2.83. The third-order valence-corrected chi connectivity index (χ3v) is 4.26. The molecule has 1 heterocycles. The summed E-state index contributed by atoms with van der Waals surface area (Å²) in [7, 11) is 0. The van der Waals surface area contributed by atoms with Crippen LogP contribution in [0.4, 0.5) is 4.79 Å². The van der Waals surface area contributed by atoms with Crippen molar-refractivity contribution in [1.29, 1.82) is 0 Å². The van der Waals surface area contributed by atoms with Gasteiger partial charge in [-0.15, -0.1) is 11.3 Å². The summed E-state index contributed by atoms with van der Waals surface area (Å²) in [5, 5.41) is 6.24. The zero-order valence-corrected chi connectivity index (χ0v) is 12.8. The Morgan fingerprint density at radius 3 is 2.79 bits per heavy atom. The molecule has 1 N–H and O–H groups in total. The minimum Gasteiger partial charge on any atom is -0.444 e. The minimum absolute atomic E-state index is 0.212. The van der Waals surface area contributed by atoms with E-state index in [1.165, 1.54) is 5.01 Å². The fraction of sp³-hybridized carbons (Fsp3) is 0.714. The summed E-state index contributed by atoms with van der Waals surface area (Å²) in [5.41, 5.74) is 0.651. The predicted octanol–water partition coefficient (Wildman–Crippen LogP) is 3.61. The molecular formula is C14H22N2O2S. The smallest absolute Gasteiger partial charge is 0.407 e. The van der Waals surface area contributed by atoms with E-state index in [-0.39, 0.29) is 12.1 Å². The van der Waals surface area contributed by atoms with Crippen LogP contribution in [0.2, 0.25) is 0 Å². The summed E-state index contributed by atoms with van der Waals surface area (Å²) in [4.78, 5) is 16.3. The van der Waals surface area contributed by atoms with Crippen molar-refractivity contribution in [3.63, 3.8) is 0 Å². The van der Waals surface area contributed by atoms with E-state index in [0.717, 1.165) is 25.0 Å². The van der Waals surface area contributed by atoms with E-state index < -0.39 is 5.60 Å². The van der Waals surface area contributed by atoms with E-state index in [0.29, 0.717) is 5.92 Å². The summed E-state index contributed by atoms with van der Waals surface area (Å²) in [5.74, 6) is 0.485. The van der Waals surface area contributed by atoms with Crippen LogP contribution in [0.25, 0.3) is 0 Å². The van der Waals surface area contributed by atoms with Crippen molar-refractivity contribution in [3.05, 3.63) is 16.1 Å². The Bertz CT molecular complexity index is 451. The first-order valence-electron chi connectivity index (χ1n) is 6.75. The second-order valence-electron chi connectivity index (χ2n) is 6.18. The van der Waals surface area contributed by atoms with Gasteiger partial charge in [-0.05, 0) is 47.0 Å². The van der Waals surface area contributed by atoms with Crippen molar-refractivity contribution >= 4 is 17.4 Å². The van der Waals surface area contributed by atoms with E-state index in [2.05, 4.69) is 15.7 Å². The lowest BCUT2D eigenvalue weighted by Crippen LogP contribution is -2.37. The van der Waals surface area contributed by atoms with Crippen LogP contribution in [0.3, 0.4) is 0 Å². The van der Waals surface area contributed by atoms with Crippen molar-refractivity contribution in [2.24, 2.45) is 0 Å². The first-order chi connectivity index (χ1) is 8.83. The molecule has 0 aromatic carbocycles. The summed E-state index contributed by atoms with van der Waals surface area (Å²) in [6.45, 7) is 7.65. The third-order valence-electron chi connectivity index (χ3n) is 3.14. The van der Waals surface area contributed by atoms with Gasteiger partial charge in [0, 0.05) is 23.0 Å². The molecule has 1 aromatic heterocycles. The molecule has 1 aliphatic carbocycles. The maximum Gasteiger partial charge on any atom is 0.407 e. The topological polar surface area (TPSA) is 51.2 Å². The molecule has 4 nitrogen and oxygen atoms in total. The van der Waals surface area contributed by atoms with Crippen LogP contribution in [-0.2, 0) is 4.74 Å². The second-order valence-corrected chi connectivity index (χ2v) is 7.07. The van der Waals surface area contributed by atoms with E-state index >= 15 is 0 Å². The molecule has 0 unspecified atom stereocenters. The van der Waals surface area contributed by atoms with Crippen molar-refractivity contribution in [2.45, 2.75) is 64.5 Å². The highest BCUT2D eigenvalue weighted by Gasteiger charge is 2.29. The van der Waals surface area contributed by atoms with Gasteiger partial charge in [0.2, 0.25) is 0 Å². The molecule has 0 radical (unpaired) electrons. The molecule has 2 rings (SSSR count). The Kier molecular flexibility index (Phi) is 4.13. The van der Waals surface area contributed by atoms with Crippen LogP contribution < -0.4 is 5.32 Å². The summed E-state index contributed by atoms with van der Waals surface area (Å²) in [6.07, 6.45) is 2.75. The van der Waals surface area contributed by atoms with Crippen molar-refractivity contribution in [3.8, 4) is 0 Å². The van der Waals surface area contributed by atoms with E-state index in [9.17, 15) is 4.79 Å². The Morgan fingerprint density at radius 2 is 2.21 bits per heavy atom. The fourth-order valence-electron chi connectivity index (χ4n) is 2.37. The number of nitrogens with zero attached hydrogens (tertiary/aromatic N) is 1. The number of rotatable bonds is 2. The largest absolute Gasteiger partial charge is 0.444 e. The van der Waals surface area contributed by atoms with Crippen LogP contribution >= 0.6 is 11.3 Å². The molecule has 0 aliphatic heterocycles. The predicted molar refractivity (Wildman–Crippen MR) is 76.6 cm³/mol. The van der Waals surface area contributed by atoms with E-state index in [1.807, 2.05) is 27.7 Å². The fourth-order valence-corrected chi connectivity index (χ4v) is 3.32. The number of alkyl carbamates (subject to hydrolysis) is 1. The van der Waals surface area contributed by atoms with Gasteiger partial charge in [-0.1, -0.05) is 0 Å². The monoisotopic (exact) mass is 282 g/mol. The lowest BCUT2D eigenvalue weighted by molar-refractivity contribution is 0.0505. The van der Waals surface area contributed by atoms with Crippen LogP contribution in [0.5, 0.6) is 0 Å². The Hall–Kier alpha value is -1.10. The van der Waals surface area contributed by atoms with E-state index in [4.69, 9.17) is 4.74 Å². The maximum absolute atomic E-state index is 11.7. The number of carbonyl (C=O) groups is 1. The standard InChI is InChI=1S/C14H22N2O2S/c1-9-8-19-12(15-9)10-5-6-11(7-10)16-13(17)18-14(2,3)4/h8,10-11H,5-7H2,1-4H3,(H,16,17)/t10-,11-/m0/s1. The van der Waals surface area contributed by atoms with E-state index in [1.54, 1.807) is 11.3 Å². The molecule has 5 heteroatoms. The number of hydrogen-bond donors (Lipinski definition) is 1. The lowest BCUT2D eigenvalue weighted by Gasteiger charge is -2.21.